The van der Waals surface area contributed by atoms with Gasteiger partial charge in [-0.1, -0.05) is 45.7 Å². The fraction of sp³-hybridized carbons (Fsp3) is 0.250. The number of pyridine rings is 1. The number of fused-ring (bicyclic) bond motifs is 1. The molecule has 0 N–H and O–H groups in total. The van der Waals surface area contributed by atoms with Crippen LogP contribution in [-0.4, -0.2) is 36.1 Å². The lowest BCUT2D eigenvalue weighted by Gasteiger charge is -2.36. The Kier molecular flexibility index (Phi) is 4.93. The van der Waals surface area contributed by atoms with Gasteiger partial charge in [0.25, 0.3) is 0 Å². The van der Waals surface area contributed by atoms with Crippen molar-refractivity contribution in [3.05, 3.63) is 69.8 Å². The highest BCUT2D eigenvalue weighted by Crippen LogP contribution is 2.28. The van der Waals surface area contributed by atoms with Crippen LogP contribution in [0.5, 0.6) is 0 Å². The van der Waals surface area contributed by atoms with Crippen LogP contribution in [0.25, 0.3) is 10.9 Å². The third-order valence-electron chi connectivity index (χ3n) is 4.75. The second-order valence-corrected chi connectivity index (χ2v) is 7.64. The van der Waals surface area contributed by atoms with Crippen molar-refractivity contribution in [2.24, 2.45) is 0 Å². The van der Waals surface area contributed by atoms with Crippen LogP contribution in [-0.2, 0) is 6.54 Å². The largest absolute Gasteiger partial charge is 0.368 e. The van der Waals surface area contributed by atoms with E-state index in [2.05, 4.69) is 67.1 Å². The lowest BCUT2D eigenvalue weighted by atomic mass is 10.1. The molecule has 0 saturated carbocycles. The second kappa shape index (κ2) is 7.32. The molecule has 0 unspecified atom stereocenters. The van der Waals surface area contributed by atoms with E-state index in [1.54, 1.807) is 0 Å². The van der Waals surface area contributed by atoms with Crippen LogP contribution >= 0.6 is 27.5 Å². The number of hydrogen-bond donors (Lipinski definition) is 0. The van der Waals surface area contributed by atoms with Gasteiger partial charge in [-0.3, -0.25) is 9.88 Å². The van der Waals surface area contributed by atoms with Gasteiger partial charge < -0.3 is 4.90 Å². The van der Waals surface area contributed by atoms with Crippen molar-refractivity contribution in [3.63, 3.8) is 0 Å². The molecular weight excluding hydrogens is 398 g/mol. The first kappa shape index (κ1) is 16.8. The summed E-state index contributed by atoms with van der Waals surface area (Å²) in [6.45, 7) is 5.14. The van der Waals surface area contributed by atoms with Crippen LogP contribution < -0.4 is 4.90 Å². The zero-order chi connectivity index (χ0) is 17.2. The Morgan fingerprint density at radius 2 is 1.80 bits per heavy atom. The molecule has 0 spiro atoms. The molecule has 0 radical (unpaired) electrons. The number of piperazine rings is 1. The Labute approximate surface area is 161 Å². The molecule has 0 aliphatic carbocycles. The van der Waals surface area contributed by atoms with E-state index in [4.69, 9.17) is 11.6 Å². The fourth-order valence-corrected chi connectivity index (χ4v) is 3.97. The summed E-state index contributed by atoms with van der Waals surface area (Å²) in [5.74, 6) is 0. The van der Waals surface area contributed by atoms with Gasteiger partial charge in [0, 0.05) is 59.5 Å². The molecule has 1 saturated heterocycles. The summed E-state index contributed by atoms with van der Waals surface area (Å²) in [6.07, 6.45) is 1.88. The Hall–Kier alpha value is -1.62. The van der Waals surface area contributed by atoms with Crippen LogP contribution in [0.2, 0.25) is 5.02 Å². The molecule has 1 aromatic heterocycles. The molecule has 128 valence electrons. The first-order chi connectivity index (χ1) is 12.2. The number of hydrogen-bond acceptors (Lipinski definition) is 3. The normalized spacial score (nSPS) is 15.7. The van der Waals surface area contributed by atoms with Gasteiger partial charge in [0.2, 0.25) is 0 Å². The molecule has 0 bridgehead atoms. The topological polar surface area (TPSA) is 19.4 Å². The van der Waals surface area contributed by atoms with Crippen LogP contribution in [0.3, 0.4) is 0 Å². The number of rotatable bonds is 3. The second-order valence-electron chi connectivity index (χ2n) is 6.35. The van der Waals surface area contributed by atoms with Gasteiger partial charge in [-0.2, -0.15) is 0 Å². The Morgan fingerprint density at radius 3 is 2.60 bits per heavy atom. The van der Waals surface area contributed by atoms with Crippen molar-refractivity contribution in [1.82, 2.24) is 9.88 Å². The van der Waals surface area contributed by atoms with Gasteiger partial charge >= 0.3 is 0 Å². The molecule has 2 heterocycles. The van der Waals surface area contributed by atoms with E-state index in [1.165, 1.54) is 21.1 Å². The van der Waals surface area contributed by atoms with Gasteiger partial charge in [-0.15, -0.1) is 0 Å². The summed E-state index contributed by atoms with van der Waals surface area (Å²) in [5.41, 5.74) is 3.56. The summed E-state index contributed by atoms with van der Waals surface area (Å²) in [7, 11) is 0. The minimum atomic E-state index is 0.732. The van der Waals surface area contributed by atoms with Crippen molar-refractivity contribution < 1.29 is 0 Å². The minimum absolute atomic E-state index is 0.732. The van der Waals surface area contributed by atoms with Crippen molar-refractivity contribution in [1.29, 1.82) is 0 Å². The van der Waals surface area contributed by atoms with Crippen LogP contribution in [0.15, 0.2) is 59.2 Å². The predicted molar refractivity (Wildman–Crippen MR) is 108 cm³/mol. The maximum Gasteiger partial charge on any atom is 0.0737 e. The molecular formula is C20H19BrClN3. The summed E-state index contributed by atoms with van der Waals surface area (Å²) in [5, 5.41) is 1.90. The Balaban J connectivity index is 1.48. The van der Waals surface area contributed by atoms with Crippen LogP contribution in [0.1, 0.15) is 5.56 Å². The number of nitrogens with zero attached hydrogens (tertiary/aromatic N) is 3. The lowest BCUT2D eigenvalue weighted by molar-refractivity contribution is 0.249. The predicted octanol–water partition coefficient (Wildman–Crippen LogP) is 4.97. The Morgan fingerprint density at radius 1 is 1.00 bits per heavy atom. The molecule has 1 aliphatic rings. The van der Waals surface area contributed by atoms with Crippen molar-refractivity contribution in [2.45, 2.75) is 6.54 Å². The molecule has 3 nitrogen and oxygen atoms in total. The van der Waals surface area contributed by atoms with Crippen molar-refractivity contribution in [3.8, 4) is 0 Å². The number of anilines is 1. The van der Waals surface area contributed by atoms with Crippen molar-refractivity contribution >= 4 is 44.1 Å². The highest BCUT2D eigenvalue weighted by molar-refractivity contribution is 9.10. The molecule has 5 heteroatoms. The van der Waals surface area contributed by atoms with E-state index in [1.807, 2.05) is 18.3 Å². The summed E-state index contributed by atoms with van der Waals surface area (Å²) >= 11 is 9.75. The van der Waals surface area contributed by atoms with E-state index >= 15 is 0 Å². The lowest BCUT2D eigenvalue weighted by Crippen LogP contribution is -2.46. The van der Waals surface area contributed by atoms with Gasteiger partial charge in [0.15, 0.2) is 0 Å². The van der Waals surface area contributed by atoms with Gasteiger partial charge in [-0.25, -0.2) is 0 Å². The van der Waals surface area contributed by atoms with Gasteiger partial charge in [-0.05, 0) is 35.9 Å². The molecule has 0 amide bonds. The maximum atomic E-state index is 6.10. The standard InChI is InChI=1S/C20H19BrClN3/c21-18-4-2-1-3-15(18)14-24-9-11-25(12-10-24)20-7-8-23-19-13-16(22)5-6-17(19)20/h1-8,13H,9-12,14H2. The first-order valence-electron chi connectivity index (χ1n) is 8.46. The van der Waals surface area contributed by atoms with E-state index in [-0.39, 0.29) is 0 Å². The minimum Gasteiger partial charge on any atom is -0.368 e. The molecule has 1 aliphatic heterocycles. The smallest absolute Gasteiger partial charge is 0.0737 e. The molecule has 0 atom stereocenters. The average molecular weight is 417 g/mol. The number of aromatic nitrogens is 1. The van der Waals surface area contributed by atoms with E-state index < -0.39 is 0 Å². The molecule has 2 aromatic carbocycles. The van der Waals surface area contributed by atoms with E-state index in [0.29, 0.717) is 0 Å². The van der Waals surface area contributed by atoms with Crippen LogP contribution in [0, 0.1) is 0 Å². The zero-order valence-electron chi connectivity index (χ0n) is 13.8. The average Bonchev–Trinajstić information content (AvgIpc) is 2.63. The monoisotopic (exact) mass is 415 g/mol. The van der Waals surface area contributed by atoms with E-state index in [9.17, 15) is 0 Å². The molecule has 3 aromatic rings. The van der Waals surface area contributed by atoms with Crippen molar-refractivity contribution in [2.75, 3.05) is 31.1 Å². The zero-order valence-corrected chi connectivity index (χ0v) is 16.2. The van der Waals surface area contributed by atoms with Crippen LogP contribution in [0.4, 0.5) is 5.69 Å². The summed E-state index contributed by atoms with van der Waals surface area (Å²) in [6, 6.07) is 16.5. The third-order valence-corrected chi connectivity index (χ3v) is 5.76. The highest BCUT2D eigenvalue weighted by atomic mass is 79.9. The SMILES string of the molecule is Clc1ccc2c(N3CCN(Cc4ccccc4Br)CC3)ccnc2c1. The maximum absolute atomic E-state index is 6.10. The van der Waals surface area contributed by atoms with Gasteiger partial charge in [0.05, 0.1) is 5.52 Å². The Bertz CT molecular complexity index is 891. The molecule has 1 fully saturated rings. The first-order valence-corrected chi connectivity index (χ1v) is 9.63. The summed E-state index contributed by atoms with van der Waals surface area (Å²) in [4.78, 5) is 9.41. The summed E-state index contributed by atoms with van der Waals surface area (Å²) < 4.78 is 1.19. The number of halogens is 2. The highest BCUT2D eigenvalue weighted by Gasteiger charge is 2.19. The quantitative estimate of drug-likeness (QED) is 0.601. The number of benzene rings is 2. The van der Waals surface area contributed by atoms with E-state index in [0.717, 1.165) is 43.3 Å². The molecule has 25 heavy (non-hydrogen) atoms. The van der Waals surface area contributed by atoms with Gasteiger partial charge in [0.1, 0.15) is 0 Å². The molecule has 4 rings (SSSR count). The fourth-order valence-electron chi connectivity index (χ4n) is 3.40. The third kappa shape index (κ3) is 3.66.